The number of carbonyl (C=O) groups excluding carboxylic acids is 2. The maximum absolute atomic E-state index is 13.3. The molecule has 0 spiro atoms. The Hall–Kier alpha value is -3.12. The molecular formula is C26H28N2O3S. The molecule has 5 nitrogen and oxygen atoms in total. The number of thiophene rings is 1. The van der Waals surface area contributed by atoms with Crippen molar-refractivity contribution in [2.75, 3.05) is 26.7 Å². The smallest absolute Gasteiger partial charge is 0.254 e. The summed E-state index contributed by atoms with van der Waals surface area (Å²) in [7, 11) is 1.59. The first kappa shape index (κ1) is 22.1. The van der Waals surface area contributed by atoms with E-state index in [9.17, 15) is 9.59 Å². The molecule has 4 rings (SSSR count). The lowest BCUT2D eigenvalue weighted by Crippen LogP contribution is -2.45. The molecule has 1 atom stereocenters. The van der Waals surface area contributed by atoms with E-state index in [-0.39, 0.29) is 11.8 Å². The Bertz CT molecular complexity index is 1100. The molecule has 2 amide bonds. The van der Waals surface area contributed by atoms with Gasteiger partial charge in [0.1, 0.15) is 5.75 Å². The summed E-state index contributed by atoms with van der Waals surface area (Å²) >= 11 is 1.69. The van der Waals surface area contributed by atoms with Crippen LogP contribution in [0.3, 0.4) is 0 Å². The second kappa shape index (κ2) is 9.57. The van der Waals surface area contributed by atoms with E-state index in [1.165, 1.54) is 4.88 Å². The highest BCUT2D eigenvalue weighted by Gasteiger charge is 2.46. The number of ether oxygens (including phenoxy) is 1. The summed E-state index contributed by atoms with van der Waals surface area (Å²) in [6.45, 7) is 3.44. The van der Waals surface area contributed by atoms with Crippen molar-refractivity contribution in [3.8, 4) is 16.2 Å². The van der Waals surface area contributed by atoms with Gasteiger partial charge < -0.3 is 15.0 Å². The molecule has 0 aliphatic carbocycles. The molecule has 1 N–H and O–H groups in total. The predicted octanol–water partition coefficient (Wildman–Crippen LogP) is 4.63. The Labute approximate surface area is 193 Å². The van der Waals surface area contributed by atoms with E-state index in [1.807, 2.05) is 37.3 Å². The highest BCUT2D eigenvalue weighted by Crippen LogP contribution is 2.39. The molecule has 2 aromatic carbocycles. The van der Waals surface area contributed by atoms with E-state index in [1.54, 1.807) is 35.5 Å². The van der Waals surface area contributed by atoms with Gasteiger partial charge in [-0.05, 0) is 60.5 Å². The average molecular weight is 449 g/mol. The number of rotatable bonds is 7. The molecule has 166 valence electrons. The Morgan fingerprint density at radius 3 is 2.72 bits per heavy atom. The normalized spacial score (nSPS) is 17.9. The maximum atomic E-state index is 13.3. The lowest BCUT2D eigenvalue weighted by Gasteiger charge is -2.29. The van der Waals surface area contributed by atoms with Crippen molar-refractivity contribution in [1.29, 1.82) is 0 Å². The number of carbonyl (C=O) groups is 2. The average Bonchev–Trinajstić information content (AvgIpc) is 3.50. The van der Waals surface area contributed by atoms with Gasteiger partial charge in [0.15, 0.2) is 0 Å². The van der Waals surface area contributed by atoms with Crippen LogP contribution in [0.2, 0.25) is 0 Å². The third kappa shape index (κ3) is 4.41. The van der Waals surface area contributed by atoms with Crippen molar-refractivity contribution in [1.82, 2.24) is 10.2 Å². The van der Waals surface area contributed by atoms with Gasteiger partial charge in [-0.3, -0.25) is 9.59 Å². The van der Waals surface area contributed by atoms with Crippen molar-refractivity contribution in [3.63, 3.8) is 0 Å². The summed E-state index contributed by atoms with van der Waals surface area (Å²) in [6.07, 6.45) is 1.22. The lowest BCUT2D eigenvalue weighted by atomic mass is 9.78. The van der Waals surface area contributed by atoms with Gasteiger partial charge >= 0.3 is 0 Å². The van der Waals surface area contributed by atoms with Crippen molar-refractivity contribution >= 4 is 23.2 Å². The van der Waals surface area contributed by atoms with Crippen molar-refractivity contribution in [3.05, 3.63) is 77.2 Å². The molecule has 1 aliphatic heterocycles. The number of nitrogens with one attached hydrogen (secondary N) is 1. The highest BCUT2D eigenvalue weighted by atomic mass is 32.1. The minimum atomic E-state index is -0.655. The molecule has 1 saturated heterocycles. The topological polar surface area (TPSA) is 58.6 Å². The van der Waals surface area contributed by atoms with E-state index < -0.39 is 5.41 Å². The number of amides is 2. The maximum Gasteiger partial charge on any atom is 0.254 e. The van der Waals surface area contributed by atoms with Crippen molar-refractivity contribution < 1.29 is 14.3 Å². The highest BCUT2D eigenvalue weighted by molar-refractivity contribution is 7.13. The number of methoxy groups -OCH3 is 1. The molecule has 0 saturated carbocycles. The minimum Gasteiger partial charge on any atom is -0.497 e. The molecule has 1 aromatic heterocycles. The van der Waals surface area contributed by atoms with Gasteiger partial charge in [-0.1, -0.05) is 36.4 Å². The predicted molar refractivity (Wildman–Crippen MR) is 128 cm³/mol. The minimum absolute atomic E-state index is 0.0157. The van der Waals surface area contributed by atoms with Gasteiger partial charge in [-0.2, -0.15) is 0 Å². The van der Waals surface area contributed by atoms with Crippen LogP contribution in [0, 0.1) is 5.41 Å². The molecule has 1 fully saturated rings. The molecule has 2 heterocycles. The van der Waals surface area contributed by atoms with E-state index in [0.29, 0.717) is 43.8 Å². The Morgan fingerprint density at radius 1 is 1.12 bits per heavy atom. The van der Waals surface area contributed by atoms with Gasteiger partial charge in [0.2, 0.25) is 5.91 Å². The summed E-state index contributed by atoms with van der Waals surface area (Å²) in [5.41, 5.74) is 2.22. The zero-order chi connectivity index (χ0) is 22.6. The molecular weight excluding hydrogens is 420 g/mol. The van der Waals surface area contributed by atoms with E-state index in [0.717, 1.165) is 11.1 Å². The molecule has 32 heavy (non-hydrogen) atoms. The second-order valence-corrected chi connectivity index (χ2v) is 9.11. The molecule has 1 aliphatic rings. The molecule has 3 aromatic rings. The first-order valence-electron chi connectivity index (χ1n) is 10.9. The number of benzene rings is 2. The van der Waals surface area contributed by atoms with E-state index in [2.05, 4.69) is 28.9 Å². The Kier molecular flexibility index (Phi) is 6.61. The summed E-state index contributed by atoms with van der Waals surface area (Å²) < 4.78 is 5.27. The first-order chi connectivity index (χ1) is 15.6. The third-order valence-electron chi connectivity index (χ3n) is 6.11. The van der Waals surface area contributed by atoms with E-state index in [4.69, 9.17) is 4.74 Å². The van der Waals surface area contributed by atoms with Crippen LogP contribution in [0.4, 0.5) is 0 Å². The van der Waals surface area contributed by atoms with Crippen LogP contribution in [0.25, 0.3) is 10.4 Å². The fourth-order valence-corrected chi connectivity index (χ4v) is 5.24. The molecule has 0 unspecified atom stereocenters. The number of nitrogens with zero attached hydrogens (tertiary/aromatic N) is 1. The Balaban J connectivity index is 1.63. The number of likely N-dealkylation sites (tertiary alicyclic amines) is 1. The Morgan fingerprint density at radius 2 is 1.97 bits per heavy atom. The molecule has 0 bridgehead atoms. The SMILES string of the molecule is CCNC(=O)[C@]1(Cc2ccccc2-c2cccs2)CCN(C(=O)c2cccc(OC)c2)C1. The third-order valence-corrected chi connectivity index (χ3v) is 7.01. The van der Waals surface area contributed by atoms with Crippen LogP contribution in [0.5, 0.6) is 5.75 Å². The zero-order valence-electron chi connectivity index (χ0n) is 18.5. The fourth-order valence-electron chi connectivity index (χ4n) is 4.45. The van der Waals surface area contributed by atoms with Gasteiger partial charge in [0.05, 0.1) is 12.5 Å². The summed E-state index contributed by atoms with van der Waals surface area (Å²) in [5, 5.41) is 5.09. The number of hydrogen-bond donors (Lipinski definition) is 1. The van der Waals surface area contributed by atoms with E-state index >= 15 is 0 Å². The summed E-state index contributed by atoms with van der Waals surface area (Å²) in [6, 6.07) is 19.6. The zero-order valence-corrected chi connectivity index (χ0v) is 19.3. The van der Waals surface area contributed by atoms with Crippen LogP contribution < -0.4 is 10.1 Å². The van der Waals surface area contributed by atoms with Crippen LogP contribution in [0.1, 0.15) is 29.3 Å². The van der Waals surface area contributed by atoms with Gasteiger partial charge in [-0.25, -0.2) is 0 Å². The van der Waals surface area contributed by atoms with Crippen LogP contribution in [-0.4, -0.2) is 43.5 Å². The van der Waals surface area contributed by atoms with Crippen LogP contribution in [0.15, 0.2) is 66.0 Å². The summed E-state index contributed by atoms with van der Waals surface area (Å²) in [5.74, 6) is 0.596. The molecule has 0 radical (unpaired) electrons. The largest absolute Gasteiger partial charge is 0.497 e. The number of hydrogen-bond acceptors (Lipinski definition) is 4. The molecule has 6 heteroatoms. The fraction of sp³-hybridized carbons (Fsp3) is 0.308. The summed E-state index contributed by atoms with van der Waals surface area (Å²) in [4.78, 5) is 29.5. The monoisotopic (exact) mass is 448 g/mol. The van der Waals surface area contributed by atoms with Crippen molar-refractivity contribution in [2.45, 2.75) is 19.8 Å². The van der Waals surface area contributed by atoms with Crippen LogP contribution >= 0.6 is 11.3 Å². The second-order valence-electron chi connectivity index (χ2n) is 8.16. The first-order valence-corrected chi connectivity index (χ1v) is 11.8. The standard InChI is InChI=1S/C26H28N2O3S/c1-3-27-25(30)26(17-20-8-4-5-11-22(20)23-12-7-15-32-23)13-14-28(18-26)24(29)19-9-6-10-21(16-19)31-2/h4-12,15-16H,3,13-14,17-18H2,1-2H3,(H,27,30)/t26-/m0/s1. The van der Waals surface area contributed by atoms with Crippen molar-refractivity contribution in [2.24, 2.45) is 5.41 Å². The van der Waals surface area contributed by atoms with Gasteiger partial charge in [-0.15, -0.1) is 11.3 Å². The van der Waals surface area contributed by atoms with Gasteiger partial charge in [0.25, 0.3) is 5.91 Å². The quantitative estimate of drug-likeness (QED) is 0.573. The van der Waals surface area contributed by atoms with Gasteiger partial charge in [0, 0.05) is 30.1 Å². The van der Waals surface area contributed by atoms with Crippen LogP contribution in [-0.2, 0) is 11.2 Å². The lowest BCUT2D eigenvalue weighted by molar-refractivity contribution is -0.130.